The molecule has 2 rings (SSSR count). The van der Waals surface area contributed by atoms with Crippen molar-refractivity contribution in [3.8, 4) is 0 Å². The summed E-state index contributed by atoms with van der Waals surface area (Å²) in [6.45, 7) is 1.11. The molecule has 1 aliphatic rings. The Kier molecular flexibility index (Phi) is 4.39. The first-order valence-corrected chi connectivity index (χ1v) is 8.06. The van der Waals surface area contributed by atoms with Gasteiger partial charge in [-0.25, -0.2) is 8.42 Å². The largest absolute Gasteiger partial charge is 0.396 e. The molecule has 0 amide bonds. The fraction of sp³-hybridized carbons (Fsp3) is 0.636. The Balaban J connectivity index is 2.18. The van der Waals surface area contributed by atoms with Gasteiger partial charge in [-0.05, 0) is 18.6 Å². The van der Waals surface area contributed by atoms with Gasteiger partial charge in [0.15, 0.2) is 0 Å². The molecule has 0 bridgehead atoms. The second-order valence-corrected chi connectivity index (χ2v) is 7.63. The number of rotatable bonds is 5. The average molecular weight is 291 g/mol. The van der Waals surface area contributed by atoms with E-state index in [1.165, 1.54) is 15.6 Å². The summed E-state index contributed by atoms with van der Waals surface area (Å²) in [7, 11) is -1.83. The van der Waals surface area contributed by atoms with Crippen LogP contribution in [0.2, 0.25) is 0 Å². The van der Waals surface area contributed by atoms with E-state index in [-0.39, 0.29) is 12.6 Å². The van der Waals surface area contributed by atoms with Crippen molar-refractivity contribution < 1.29 is 18.3 Å². The molecule has 1 unspecified atom stereocenters. The lowest BCUT2D eigenvalue weighted by atomic mass is 10.3. The summed E-state index contributed by atoms with van der Waals surface area (Å²) in [6.07, 6.45) is 1.24. The van der Waals surface area contributed by atoms with Gasteiger partial charge in [-0.1, -0.05) is 0 Å². The standard InChI is InChI=1S/C11H17NO4S2/c1-12(9-5-7-16-8-9)18(14,15)11-3-2-10(17-11)4-6-13/h2-3,9,13H,4-8H2,1H3. The van der Waals surface area contributed by atoms with Gasteiger partial charge in [-0.15, -0.1) is 11.3 Å². The van der Waals surface area contributed by atoms with Crippen molar-refractivity contribution in [1.29, 1.82) is 0 Å². The van der Waals surface area contributed by atoms with E-state index < -0.39 is 10.0 Å². The molecule has 1 aromatic heterocycles. The predicted octanol–water partition coefficient (Wildman–Crippen LogP) is 0.692. The van der Waals surface area contributed by atoms with Crippen LogP contribution in [-0.2, 0) is 21.2 Å². The van der Waals surface area contributed by atoms with Gasteiger partial charge in [0.2, 0.25) is 0 Å². The number of aliphatic hydroxyl groups is 1. The highest BCUT2D eigenvalue weighted by atomic mass is 32.2. The fourth-order valence-electron chi connectivity index (χ4n) is 1.89. The van der Waals surface area contributed by atoms with Crippen LogP contribution in [-0.4, -0.2) is 50.7 Å². The molecule has 1 N–H and O–H groups in total. The van der Waals surface area contributed by atoms with Crippen LogP contribution in [0.4, 0.5) is 0 Å². The number of thiophene rings is 1. The number of likely N-dealkylation sites (N-methyl/N-ethyl adjacent to an activating group) is 1. The van der Waals surface area contributed by atoms with E-state index >= 15 is 0 Å². The molecule has 2 heterocycles. The number of hydrogen-bond acceptors (Lipinski definition) is 5. The maximum Gasteiger partial charge on any atom is 0.252 e. The lowest BCUT2D eigenvalue weighted by Gasteiger charge is -2.21. The third-order valence-corrected chi connectivity index (χ3v) is 6.57. The zero-order valence-electron chi connectivity index (χ0n) is 10.2. The quantitative estimate of drug-likeness (QED) is 0.867. The van der Waals surface area contributed by atoms with Gasteiger partial charge in [0, 0.05) is 31.6 Å². The van der Waals surface area contributed by atoms with E-state index in [1.807, 2.05) is 0 Å². The molecule has 0 aromatic carbocycles. The summed E-state index contributed by atoms with van der Waals surface area (Å²) in [5.41, 5.74) is 0. The number of hydrogen-bond donors (Lipinski definition) is 1. The highest BCUT2D eigenvalue weighted by Crippen LogP contribution is 2.27. The molecule has 5 nitrogen and oxygen atoms in total. The van der Waals surface area contributed by atoms with E-state index in [0.29, 0.717) is 23.8 Å². The molecule has 7 heteroatoms. The summed E-state index contributed by atoms with van der Waals surface area (Å²) in [5, 5.41) is 8.84. The number of ether oxygens (including phenoxy) is 1. The molecule has 18 heavy (non-hydrogen) atoms. The van der Waals surface area contributed by atoms with Crippen molar-refractivity contribution in [2.24, 2.45) is 0 Å². The topological polar surface area (TPSA) is 66.8 Å². The van der Waals surface area contributed by atoms with Crippen molar-refractivity contribution in [2.75, 3.05) is 26.9 Å². The summed E-state index contributed by atoms with van der Waals surface area (Å²) in [4.78, 5) is 0.882. The SMILES string of the molecule is CN(C1CCOC1)S(=O)(=O)c1ccc(CCO)s1. The molecule has 0 aliphatic carbocycles. The Morgan fingerprint density at radius 3 is 2.94 bits per heavy atom. The van der Waals surface area contributed by atoms with E-state index in [9.17, 15) is 8.42 Å². The number of aliphatic hydroxyl groups excluding tert-OH is 1. The molecule has 102 valence electrons. The Morgan fingerprint density at radius 2 is 2.33 bits per heavy atom. The first kappa shape index (κ1) is 14.0. The second kappa shape index (κ2) is 5.66. The van der Waals surface area contributed by atoms with Gasteiger partial charge < -0.3 is 9.84 Å². The molecular weight excluding hydrogens is 274 g/mol. The second-order valence-electron chi connectivity index (χ2n) is 4.23. The summed E-state index contributed by atoms with van der Waals surface area (Å²) < 4.78 is 31.7. The third-order valence-electron chi connectivity index (χ3n) is 3.05. The molecule has 1 fully saturated rings. The molecule has 0 radical (unpaired) electrons. The Morgan fingerprint density at radius 1 is 1.56 bits per heavy atom. The normalized spacial score (nSPS) is 20.7. The predicted molar refractivity (Wildman–Crippen MR) is 69.3 cm³/mol. The van der Waals surface area contributed by atoms with Gasteiger partial charge in [0.1, 0.15) is 4.21 Å². The van der Waals surface area contributed by atoms with Crippen molar-refractivity contribution >= 4 is 21.4 Å². The lowest BCUT2D eigenvalue weighted by Crippen LogP contribution is -2.36. The van der Waals surface area contributed by atoms with E-state index in [2.05, 4.69) is 0 Å². The van der Waals surface area contributed by atoms with Crippen molar-refractivity contribution in [3.05, 3.63) is 17.0 Å². The number of sulfonamides is 1. The van der Waals surface area contributed by atoms with E-state index in [1.54, 1.807) is 19.2 Å². The van der Waals surface area contributed by atoms with E-state index in [0.717, 1.165) is 11.3 Å². The van der Waals surface area contributed by atoms with Crippen molar-refractivity contribution in [2.45, 2.75) is 23.1 Å². The minimum absolute atomic E-state index is 0.0340. The van der Waals surface area contributed by atoms with Crippen molar-refractivity contribution in [1.82, 2.24) is 4.31 Å². The maximum atomic E-state index is 12.4. The summed E-state index contributed by atoms with van der Waals surface area (Å²) in [6, 6.07) is 3.29. The monoisotopic (exact) mass is 291 g/mol. The van der Waals surface area contributed by atoms with Crippen LogP contribution in [0, 0.1) is 0 Å². The maximum absolute atomic E-state index is 12.4. The van der Waals surface area contributed by atoms with Gasteiger partial charge >= 0.3 is 0 Å². The summed E-state index contributed by atoms with van der Waals surface area (Å²) >= 11 is 1.22. The van der Waals surface area contributed by atoms with Gasteiger partial charge in [0.05, 0.1) is 12.6 Å². The fourth-order valence-corrected chi connectivity index (χ4v) is 4.79. The average Bonchev–Trinajstić information content (AvgIpc) is 2.99. The Bertz CT molecular complexity index is 491. The highest BCUT2D eigenvalue weighted by Gasteiger charge is 2.31. The Hall–Kier alpha value is -0.470. The molecule has 0 saturated carbocycles. The third kappa shape index (κ3) is 2.75. The molecule has 0 spiro atoms. The molecular formula is C11H17NO4S2. The van der Waals surface area contributed by atoms with Crippen LogP contribution in [0.1, 0.15) is 11.3 Å². The number of nitrogens with zero attached hydrogens (tertiary/aromatic N) is 1. The van der Waals surface area contributed by atoms with Crippen LogP contribution in [0.25, 0.3) is 0 Å². The minimum Gasteiger partial charge on any atom is -0.396 e. The first-order chi connectivity index (χ1) is 8.55. The zero-order valence-corrected chi connectivity index (χ0v) is 11.8. The molecule has 1 saturated heterocycles. The highest BCUT2D eigenvalue weighted by molar-refractivity contribution is 7.91. The van der Waals surface area contributed by atoms with Crippen LogP contribution in [0.5, 0.6) is 0 Å². The van der Waals surface area contributed by atoms with Crippen LogP contribution in [0.15, 0.2) is 16.3 Å². The van der Waals surface area contributed by atoms with Gasteiger partial charge in [0.25, 0.3) is 10.0 Å². The van der Waals surface area contributed by atoms with Crippen molar-refractivity contribution in [3.63, 3.8) is 0 Å². The summed E-state index contributed by atoms with van der Waals surface area (Å²) in [5.74, 6) is 0. The molecule has 1 atom stereocenters. The first-order valence-electron chi connectivity index (χ1n) is 5.81. The zero-order chi connectivity index (χ0) is 13.2. The molecule has 1 aliphatic heterocycles. The van der Waals surface area contributed by atoms with E-state index in [4.69, 9.17) is 9.84 Å². The van der Waals surface area contributed by atoms with Crippen LogP contribution >= 0.6 is 11.3 Å². The minimum atomic E-state index is -3.43. The molecule has 1 aromatic rings. The van der Waals surface area contributed by atoms with Crippen LogP contribution < -0.4 is 0 Å². The van der Waals surface area contributed by atoms with Crippen LogP contribution in [0.3, 0.4) is 0 Å². The smallest absolute Gasteiger partial charge is 0.252 e. The van der Waals surface area contributed by atoms with Gasteiger partial charge in [-0.2, -0.15) is 4.31 Å². The lowest BCUT2D eigenvalue weighted by molar-refractivity contribution is 0.181. The Labute approximate surface area is 111 Å². The van der Waals surface area contributed by atoms with Gasteiger partial charge in [-0.3, -0.25) is 0 Å².